The van der Waals surface area contributed by atoms with E-state index in [9.17, 15) is 16.8 Å². The van der Waals surface area contributed by atoms with Crippen LogP contribution in [0.15, 0.2) is 24.3 Å². The van der Waals surface area contributed by atoms with Gasteiger partial charge < -0.3 is 5.32 Å². The molecule has 1 N–H and O–H groups in total. The van der Waals surface area contributed by atoms with Gasteiger partial charge in [-0.2, -0.15) is 0 Å². The molecule has 3 aliphatic rings. The zero-order valence-electron chi connectivity index (χ0n) is 13.6. The number of hydrogen-bond acceptors (Lipinski definition) is 6. The molecule has 4 rings (SSSR count). The van der Waals surface area contributed by atoms with Crippen molar-refractivity contribution in [1.29, 1.82) is 0 Å². The summed E-state index contributed by atoms with van der Waals surface area (Å²) in [5.74, 6) is 0.427. The number of nitrogens with one attached hydrogen (secondary N) is 1. The van der Waals surface area contributed by atoms with Crippen LogP contribution in [0.5, 0.6) is 0 Å². The molecule has 0 bridgehead atoms. The predicted octanol–water partition coefficient (Wildman–Crippen LogP) is -0.269. The van der Waals surface area contributed by atoms with E-state index in [1.807, 2.05) is 31.2 Å². The first-order valence-corrected chi connectivity index (χ1v) is 11.8. The van der Waals surface area contributed by atoms with Gasteiger partial charge in [0.25, 0.3) is 0 Å². The van der Waals surface area contributed by atoms with Gasteiger partial charge in [0.15, 0.2) is 19.7 Å². The molecule has 0 aromatic heterocycles. The summed E-state index contributed by atoms with van der Waals surface area (Å²) in [7, 11) is -6.15. The van der Waals surface area contributed by atoms with E-state index in [4.69, 9.17) is 0 Å². The Morgan fingerprint density at radius 3 is 1.92 bits per heavy atom. The van der Waals surface area contributed by atoms with Gasteiger partial charge in [-0.1, -0.05) is 29.8 Å². The Bertz CT molecular complexity index is 801. The lowest BCUT2D eigenvalue weighted by molar-refractivity contribution is 0.0678. The van der Waals surface area contributed by atoms with Crippen molar-refractivity contribution in [2.24, 2.45) is 0 Å². The smallest absolute Gasteiger partial charge is 0.153 e. The summed E-state index contributed by atoms with van der Waals surface area (Å²) in [5, 5.41) is 3.31. The van der Waals surface area contributed by atoms with Gasteiger partial charge in [-0.15, -0.1) is 0 Å². The minimum Gasteiger partial charge on any atom is -0.306 e. The second kappa shape index (κ2) is 5.52. The third kappa shape index (κ3) is 3.00. The Balaban J connectivity index is 1.67. The molecule has 1 aromatic carbocycles. The number of hydrogen-bond donors (Lipinski definition) is 1. The molecular formula is C16H22N2O4S2. The van der Waals surface area contributed by atoms with E-state index in [1.165, 1.54) is 5.56 Å². The van der Waals surface area contributed by atoms with Crippen molar-refractivity contribution in [2.75, 3.05) is 23.0 Å². The largest absolute Gasteiger partial charge is 0.306 e. The normalized spacial score (nSPS) is 37.0. The summed E-state index contributed by atoms with van der Waals surface area (Å²) in [6.45, 7) is 2.61. The molecule has 3 fully saturated rings. The SMILES string of the molecule is Cc1ccc(CN2[C@@H]3CS(=O)(=O)C[C@@H]3N[C@@H]3CS(=O)(=O)C[C@@H]32)cc1. The fourth-order valence-corrected chi connectivity index (χ4v) is 8.18. The van der Waals surface area contributed by atoms with Crippen molar-refractivity contribution >= 4 is 19.7 Å². The Morgan fingerprint density at radius 2 is 1.42 bits per heavy atom. The summed E-state index contributed by atoms with van der Waals surface area (Å²) in [4.78, 5) is 2.13. The molecule has 0 aliphatic carbocycles. The molecule has 0 spiro atoms. The second-order valence-corrected chi connectivity index (χ2v) is 11.6. The third-order valence-corrected chi connectivity index (χ3v) is 8.84. The van der Waals surface area contributed by atoms with Crippen molar-refractivity contribution in [3.63, 3.8) is 0 Å². The van der Waals surface area contributed by atoms with Crippen molar-refractivity contribution in [1.82, 2.24) is 10.2 Å². The Hall–Kier alpha value is -0.960. The van der Waals surface area contributed by atoms with Crippen molar-refractivity contribution < 1.29 is 16.8 Å². The van der Waals surface area contributed by atoms with Crippen LogP contribution in [0.3, 0.4) is 0 Å². The van der Waals surface area contributed by atoms with E-state index in [0.29, 0.717) is 6.54 Å². The third-order valence-electron chi connectivity index (χ3n) is 5.41. The van der Waals surface area contributed by atoms with E-state index in [2.05, 4.69) is 10.2 Å². The maximum Gasteiger partial charge on any atom is 0.153 e. The molecule has 3 aliphatic heterocycles. The zero-order valence-corrected chi connectivity index (χ0v) is 15.2. The van der Waals surface area contributed by atoms with Crippen molar-refractivity contribution in [3.8, 4) is 0 Å². The fraction of sp³-hybridized carbons (Fsp3) is 0.625. The van der Waals surface area contributed by atoms with E-state index >= 15 is 0 Å². The van der Waals surface area contributed by atoms with E-state index in [0.717, 1.165) is 5.56 Å². The standard InChI is InChI=1S/C16H22N2O4S2/c1-11-2-4-12(5-3-11)6-18-15-9-23(19,20)7-13(15)17-14-8-24(21,22)10-16(14)18/h2-5,13-17H,6-10H2,1H3/t13-,14+,15+,16-. The molecule has 132 valence electrons. The summed E-state index contributed by atoms with van der Waals surface area (Å²) >= 11 is 0. The Morgan fingerprint density at radius 1 is 0.917 bits per heavy atom. The van der Waals surface area contributed by atoms with Gasteiger partial charge in [-0.25, -0.2) is 16.8 Å². The lowest BCUT2D eigenvalue weighted by Crippen LogP contribution is -2.66. The average Bonchev–Trinajstić information content (AvgIpc) is 2.94. The van der Waals surface area contributed by atoms with Gasteiger partial charge in [0, 0.05) is 30.7 Å². The van der Waals surface area contributed by atoms with Gasteiger partial charge in [-0.3, -0.25) is 4.90 Å². The lowest BCUT2D eigenvalue weighted by Gasteiger charge is -2.45. The zero-order chi connectivity index (χ0) is 17.1. The van der Waals surface area contributed by atoms with Crippen LogP contribution in [0.4, 0.5) is 0 Å². The summed E-state index contributed by atoms with van der Waals surface area (Å²) in [6, 6.07) is 7.50. The molecule has 0 saturated carbocycles. The van der Waals surface area contributed by atoms with Gasteiger partial charge in [0.2, 0.25) is 0 Å². The molecule has 6 nitrogen and oxygen atoms in total. The number of rotatable bonds is 2. The molecule has 3 heterocycles. The van der Waals surface area contributed by atoms with Crippen LogP contribution in [-0.2, 0) is 26.2 Å². The molecular weight excluding hydrogens is 348 g/mol. The monoisotopic (exact) mass is 370 g/mol. The van der Waals surface area contributed by atoms with Crippen LogP contribution >= 0.6 is 0 Å². The van der Waals surface area contributed by atoms with E-state index < -0.39 is 19.7 Å². The maximum absolute atomic E-state index is 12.1. The van der Waals surface area contributed by atoms with Crippen molar-refractivity contribution in [2.45, 2.75) is 37.6 Å². The minimum atomic E-state index is -3.07. The van der Waals surface area contributed by atoms with Gasteiger partial charge >= 0.3 is 0 Å². The number of nitrogens with zero attached hydrogens (tertiary/aromatic N) is 1. The van der Waals surface area contributed by atoms with Crippen LogP contribution in [0.1, 0.15) is 11.1 Å². The summed E-state index contributed by atoms with van der Waals surface area (Å²) < 4.78 is 48.4. The first-order chi connectivity index (χ1) is 11.2. The molecule has 8 heteroatoms. The predicted molar refractivity (Wildman–Crippen MR) is 92.3 cm³/mol. The molecule has 24 heavy (non-hydrogen) atoms. The first-order valence-electron chi connectivity index (χ1n) is 8.21. The van der Waals surface area contributed by atoms with Crippen LogP contribution in [0.2, 0.25) is 0 Å². The highest BCUT2D eigenvalue weighted by atomic mass is 32.2. The number of aryl methyl sites for hydroxylation is 1. The van der Waals surface area contributed by atoms with Crippen molar-refractivity contribution in [3.05, 3.63) is 35.4 Å². The highest BCUT2D eigenvalue weighted by molar-refractivity contribution is 7.92. The van der Waals surface area contributed by atoms with Crippen LogP contribution in [0, 0.1) is 6.92 Å². The fourth-order valence-electron chi connectivity index (χ4n) is 4.29. The number of benzene rings is 1. The lowest BCUT2D eigenvalue weighted by atomic mass is 9.96. The number of sulfone groups is 2. The number of fused-ring (bicyclic) bond motifs is 2. The van der Waals surface area contributed by atoms with E-state index in [-0.39, 0.29) is 47.2 Å². The average molecular weight is 370 g/mol. The molecule has 0 radical (unpaired) electrons. The molecule has 0 unspecified atom stereocenters. The number of piperazine rings is 1. The topological polar surface area (TPSA) is 83.6 Å². The minimum absolute atomic E-state index is 0.103. The van der Waals surface area contributed by atoms with Crippen LogP contribution in [0.25, 0.3) is 0 Å². The summed E-state index contributed by atoms with van der Waals surface area (Å²) in [5.41, 5.74) is 2.26. The summed E-state index contributed by atoms with van der Waals surface area (Å²) in [6.07, 6.45) is 0. The molecule has 0 amide bonds. The Labute approximate surface area is 143 Å². The van der Waals surface area contributed by atoms with Gasteiger partial charge in [0.1, 0.15) is 0 Å². The Kier molecular flexibility index (Phi) is 3.80. The van der Waals surface area contributed by atoms with Crippen LogP contribution < -0.4 is 5.32 Å². The van der Waals surface area contributed by atoms with Gasteiger partial charge in [-0.05, 0) is 12.5 Å². The highest BCUT2D eigenvalue weighted by Gasteiger charge is 2.53. The van der Waals surface area contributed by atoms with E-state index in [1.54, 1.807) is 0 Å². The van der Waals surface area contributed by atoms with Gasteiger partial charge in [0.05, 0.1) is 23.0 Å². The maximum atomic E-state index is 12.1. The second-order valence-electron chi connectivity index (χ2n) is 7.33. The first kappa shape index (κ1) is 16.5. The molecule has 4 atom stereocenters. The molecule has 1 aromatic rings. The highest BCUT2D eigenvalue weighted by Crippen LogP contribution is 2.32. The molecule has 3 saturated heterocycles. The van der Waals surface area contributed by atoms with Crippen LogP contribution in [-0.4, -0.2) is 68.9 Å². The quantitative estimate of drug-likeness (QED) is 0.772.